The van der Waals surface area contributed by atoms with Crippen LogP contribution in [0, 0.1) is 20.2 Å². The fourth-order valence-corrected chi connectivity index (χ4v) is 3.92. The first-order valence-electron chi connectivity index (χ1n) is 9.63. The van der Waals surface area contributed by atoms with Crippen LogP contribution in [-0.4, -0.2) is 33.5 Å². The van der Waals surface area contributed by atoms with E-state index >= 15 is 0 Å². The molecule has 4 amide bonds. The number of amides is 4. The summed E-state index contributed by atoms with van der Waals surface area (Å²) in [6.07, 6.45) is 0. The van der Waals surface area contributed by atoms with Gasteiger partial charge in [0, 0.05) is 24.3 Å². The molecule has 2 aliphatic rings. The first-order valence-corrected chi connectivity index (χ1v) is 9.63. The zero-order valence-corrected chi connectivity index (χ0v) is 16.8. The van der Waals surface area contributed by atoms with Crippen LogP contribution in [-0.2, 0) is 0 Å². The highest BCUT2D eigenvalue weighted by Crippen LogP contribution is 2.35. The number of anilines is 2. The van der Waals surface area contributed by atoms with Crippen LogP contribution >= 0.6 is 0 Å². The summed E-state index contributed by atoms with van der Waals surface area (Å²) in [4.78, 5) is 73.8. The second-order valence-electron chi connectivity index (χ2n) is 7.39. The van der Waals surface area contributed by atoms with Gasteiger partial charge in [-0.05, 0) is 30.3 Å². The smallest absolute Gasteiger partial charge is 0.268 e. The van der Waals surface area contributed by atoms with E-state index in [2.05, 4.69) is 0 Å². The normalized spacial score (nSPS) is 14.5. The number of benzene rings is 3. The Morgan fingerprint density at radius 2 is 0.912 bits per heavy atom. The highest BCUT2D eigenvalue weighted by atomic mass is 16.6. The second kappa shape index (κ2) is 7.13. The molecule has 2 aliphatic heterocycles. The van der Waals surface area contributed by atoms with Crippen molar-refractivity contribution in [1.29, 1.82) is 0 Å². The Hall–Kier alpha value is -5.26. The van der Waals surface area contributed by atoms with Crippen LogP contribution in [0.2, 0.25) is 0 Å². The topological polar surface area (TPSA) is 161 Å². The summed E-state index contributed by atoms with van der Waals surface area (Å²) in [5, 5.41) is 22.1. The van der Waals surface area contributed by atoms with Gasteiger partial charge in [-0.1, -0.05) is 6.07 Å². The fourth-order valence-electron chi connectivity index (χ4n) is 3.92. The van der Waals surface area contributed by atoms with Gasteiger partial charge in [0.05, 0.1) is 43.5 Å². The van der Waals surface area contributed by atoms with Crippen LogP contribution in [0.25, 0.3) is 0 Å². The van der Waals surface area contributed by atoms with Gasteiger partial charge in [0.25, 0.3) is 35.0 Å². The first kappa shape index (κ1) is 20.6. The molecule has 0 saturated heterocycles. The Kier molecular flexibility index (Phi) is 4.33. The minimum atomic E-state index is -0.793. The Bertz CT molecular complexity index is 1400. The van der Waals surface area contributed by atoms with Gasteiger partial charge in [-0.3, -0.25) is 39.4 Å². The molecule has 0 atom stereocenters. The average molecular weight is 458 g/mol. The van der Waals surface area contributed by atoms with Gasteiger partial charge in [0.15, 0.2) is 0 Å². The lowest BCUT2D eigenvalue weighted by Crippen LogP contribution is -2.31. The van der Waals surface area contributed by atoms with Crippen LogP contribution in [0.1, 0.15) is 41.4 Å². The van der Waals surface area contributed by atoms with Gasteiger partial charge in [-0.2, -0.15) is 0 Å². The predicted molar refractivity (Wildman–Crippen MR) is 115 cm³/mol. The fraction of sp³-hybridized carbons (Fsp3) is 0. The maximum absolute atomic E-state index is 12.9. The van der Waals surface area contributed by atoms with Crippen molar-refractivity contribution in [3.63, 3.8) is 0 Å². The molecule has 0 aromatic heterocycles. The third-order valence-corrected chi connectivity index (χ3v) is 5.51. The standard InChI is InChI=1S/C22H10N4O8/c27-19-15-6-4-13(25(31)32)9-17(15)21(29)23(19)11-2-1-3-12(8-11)24-20(28)16-7-5-14(26(33)34)10-18(16)22(24)30/h1-10H. The SMILES string of the molecule is O=C1c2ccc([N+](=O)[O-])cc2C(=O)N1c1cccc(N2C(=O)c3ccc([N+](=O)[O-])cc3C2=O)c1. The summed E-state index contributed by atoms with van der Waals surface area (Å²) in [6.45, 7) is 0. The molecule has 0 spiro atoms. The van der Waals surface area contributed by atoms with Crippen LogP contribution in [0.5, 0.6) is 0 Å². The molecule has 12 nitrogen and oxygen atoms in total. The summed E-state index contributed by atoms with van der Waals surface area (Å²) in [5.41, 5.74) is -0.951. The van der Waals surface area contributed by atoms with Crippen molar-refractivity contribution in [2.75, 3.05) is 9.80 Å². The zero-order chi connectivity index (χ0) is 24.3. The molecule has 166 valence electrons. The zero-order valence-electron chi connectivity index (χ0n) is 16.8. The molecule has 0 N–H and O–H groups in total. The van der Waals surface area contributed by atoms with Crippen LogP contribution in [0.15, 0.2) is 60.7 Å². The first-order chi connectivity index (χ1) is 16.2. The quantitative estimate of drug-likeness (QED) is 0.327. The third-order valence-electron chi connectivity index (χ3n) is 5.51. The van der Waals surface area contributed by atoms with Gasteiger partial charge in [0.2, 0.25) is 0 Å². The monoisotopic (exact) mass is 458 g/mol. The van der Waals surface area contributed by atoms with Crippen molar-refractivity contribution in [2.45, 2.75) is 0 Å². The predicted octanol–water partition coefficient (Wildman–Crippen LogP) is 3.10. The Morgan fingerprint density at radius 3 is 1.29 bits per heavy atom. The maximum Gasteiger partial charge on any atom is 0.270 e. The number of carbonyl (C=O) groups is 4. The average Bonchev–Trinajstić information content (AvgIpc) is 3.22. The number of nitrogens with zero attached hydrogens (tertiary/aromatic N) is 4. The molecule has 0 bridgehead atoms. The molecule has 0 unspecified atom stereocenters. The minimum absolute atomic E-state index is 0.0194. The molecule has 3 aromatic carbocycles. The number of nitro benzene ring substituents is 2. The number of fused-ring (bicyclic) bond motifs is 2. The van der Waals surface area contributed by atoms with Gasteiger partial charge < -0.3 is 0 Å². The third kappa shape index (κ3) is 2.86. The number of hydrogen-bond acceptors (Lipinski definition) is 8. The van der Waals surface area contributed by atoms with Crippen molar-refractivity contribution < 1.29 is 29.0 Å². The van der Waals surface area contributed by atoms with E-state index in [1.165, 1.54) is 36.4 Å². The highest BCUT2D eigenvalue weighted by molar-refractivity contribution is 6.36. The van der Waals surface area contributed by atoms with Crippen molar-refractivity contribution in [2.24, 2.45) is 0 Å². The van der Waals surface area contributed by atoms with Crippen LogP contribution < -0.4 is 9.80 Å². The van der Waals surface area contributed by atoms with E-state index < -0.39 is 33.5 Å². The summed E-state index contributed by atoms with van der Waals surface area (Å²) in [6, 6.07) is 12.1. The van der Waals surface area contributed by atoms with Crippen LogP contribution in [0.3, 0.4) is 0 Å². The Balaban J connectivity index is 1.52. The number of non-ortho nitro benzene ring substituents is 2. The number of nitro groups is 2. The summed E-state index contributed by atoms with van der Waals surface area (Å²) in [7, 11) is 0. The minimum Gasteiger partial charge on any atom is -0.268 e. The van der Waals surface area contributed by atoms with Gasteiger partial charge in [0.1, 0.15) is 0 Å². The van der Waals surface area contributed by atoms with Gasteiger partial charge in [-0.25, -0.2) is 9.80 Å². The molecule has 0 radical (unpaired) electrons. The molecule has 5 rings (SSSR count). The van der Waals surface area contributed by atoms with Gasteiger partial charge >= 0.3 is 0 Å². The van der Waals surface area contributed by atoms with Crippen molar-refractivity contribution in [1.82, 2.24) is 0 Å². The van der Waals surface area contributed by atoms with E-state index in [1.54, 1.807) is 0 Å². The van der Waals surface area contributed by atoms with Crippen LogP contribution in [0.4, 0.5) is 22.7 Å². The lowest BCUT2D eigenvalue weighted by Gasteiger charge is -2.18. The molecule has 0 fully saturated rings. The number of imide groups is 2. The summed E-state index contributed by atoms with van der Waals surface area (Å²) < 4.78 is 0. The van der Waals surface area contributed by atoms with E-state index in [1.807, 2.05) is 0 Å². The van der Waals surface area contributed by atoms with E-state index in [0.717, 1.165) is 34.1 Å². The van der Waals surface area contributed by atoms with E-state index in [9.17, 15) is 39.4 Å². The Labute approximate surface area is 188 Å². The molecular weight excluding hydrogens is 448 g/mol. The lowest BCUT2D eigenvalue weighted by molar-refractivity contribution is -0.385. The number of rotatable bonds is 4. The van der Waals surface area contributed by atoms with E-state index in [4.69, 9.17) is 0 Å². The molecule has 34 heavy (non-hydrogen) atoms. The molecule has 0 aliphatic carbocycles. The molecule has 2 heterocycles. The highest BCUT2D eigenvalue weighted by Gasteiger charge is 2.40. The number of hydrogen-bond donors (Lipinski definition) is 0. The summed E-state index contributed by atoms with van der Waals surface area (Å²) in [5.74, 6) is -3.02. The largest absolute Gasteiger partial charge is 0.270 e. The summed E-state index contributed by atoms with van der Waals surface area (Å²) >= 11 is 0. The van der Waals surface area contributed by atoms with E-state index in [0.29, 0.717) is 0 Å². The van der Waals surface area contributed by atoms with E-state index in [-0.39, 0.29) is 45.0 Å². The Morgan fingerprint density at radius 1 is 0.529 bits per heavy atom. The van der Waals surface area contributed by atoms with Crippen molar-refractivity contribution in [3.8, 4) is 0 Å². The van der Waals surface area contributed by atoms with Crippen molar-refractivity contribution in [3.05, 3.63) is 103 Å². The van der Waals surface area contributed by atoms with Crippen molar-refractivity contribution >= 4 is 46.4 Å². The maximum atomic E-state index is 12.9. The lowest BCUT2D eigenvalue weighted by atomic mass is 10.1. The molecule has 12 heteroatoms. The van der Waals surface area contributed by atoms with Gasteiger partial charge in [-0.15, -0.1) is 0 Å². The number of carbonyl (C=O) groups excluding carboxylic acids is 4. The molecule has 3 aromatic rings. The molecule has 0 saturated carbocycles. The second-order valence-corrected chi connectivity index (χ2v) is 7.39. The molecular formula is C22H10N4O8.